The van der Waals surface area contributed by atoms with Gasteiger partial charge in [-0.15, -0.1) is 0 Å². The second-order valence-electron chi connectivity index (χ2n) is 19.4. The summed E-state index contributed by atoms with van der Waals surface area (Å²) in [6, 6.07) is 7.33. The van der Waals surface area contributed by atoms with E-state index >= 15 is 0 Å². The molecule has 0 fully saturated rings. The SMILES string of the molecule is CCCCCCCCCCOc1cc2nc3c(nc2cc1OCCCCCCCCCC)-c1nc2cc(OCCCCCCCCCC)c(OCCCCCCCCCC)cc2nc1C(=O)C3=O. The average Bonchev–Trinajstić information content (AvgIpc) is 3.35. The molecule has 0 N–H and O–H groups in total. The van der Waals surface area contributed by atoms with Gasteiger partial charge in [0.05, 0.1) is 48.5 Å². The van der Waals surface area contributed by atoms with E-state index in [0.29, 0.717) is 71.5 Å². The van der Waals surface area contributed by atoms with Crippen molar-refractivity contribution in [1.29, 1.82) is 0 Å². The Morgan fingerprint density at radius 3 is 0.691 bits per heavy atom. The van der Waals surface area contributed by atoms with Crippen molar-refractivity contribution in [3.8, 4) is 34.4 Å². The van der Waals surface area contributed by atoms with Crippen LogP contribution in [0.25, 0.3) is 33.5 Å². The monoisotopic (exact) mass is 937 g/mol. The van der Waals surface area contributed by atoms with Gasteiger partial charge in [0.15, 0.2) is 23.0 Å². The van der Waals surface area contributed by atoms with Gasteiger partial charge in [-0.3, -0.25) is 9.59 Å². The van der Waals surface area contributed by atoms with Crippen LogP contribution in [0, 0.1) is 0 Å². The van der Waals surface area contributed by atoms with Crippen LogP contribution in [0.3, 0.4) is 0 Å². The standard InChI is InChI=1S/C58H88N4O6/c1-5-9-13-17-21-25-29-33-37-65-49-41-45-47(43-51(49)67-39-35-31-27-23-19-15-11-7-3)61-55-53(59-45)54-56(58(64)57(55)63)62-48-44-52(68-40-36-32-28-24-20-16-12-8-4)50(42-46(48)60-54)66-38-34-30-26-22-18-14-10-6-2/h41-44H,5-40H2,1-4H3. The second-order valence-corrected chi connectivity index (χ2v) is 19.4. The molecule has 10 nitrogen and oxygen atoms in total. The smallest absolute Gasteiger partial charge is 0.255 e. The number of rotatable bonds is 40. The molecule has 2 aromatic heterocycles. The Bertz CT molecular complexity index is 1940. The van der Waals surface area contributed by atoms with E-state index in [2.05, 4.69) is 27.7 Å². The number of benzene rings is 2. The third-order valence-electron chi connectivity index (χ3n) is 13.3. The van der Waals surface area contributed by atoms with Crippen LogP contribution in [-0.4, -0.2) is 57.9 Å². The molecule has 0 saturated heterocycles. The van der Waals surface area contributed by atoms with Crippen molar-refractivity contribution in [3.63, 3.8) is 0 Å². The van der Waals surface area contributed by atoms with Crippen molar-refractivity contribution >= 4 is 33.6 Å². The average molecular weight is 937 g/mol. The maximum atomic E-state index is 13.8. The first-order valence-corrected chi connectivity index (χ1v) is 27.8. The first kappa shape index (κ1) is 54.6. The van der Waals surface area contributed by atoms with E-state index in [0.717, 1.165) is 51.4 Å². The minimum Gasteiger partial charge on any atom is -0.490 e. The molecule has 1 aliphatic carbocycles. The van der Waals surface area contributed by atoms with Crippen molar-refractivity contribution in [1.82, 2.24) is 19.9 Å². The quantitative estimate of drug-likeness (QED) is 0.0315. The van der Waals surface area contributed by atoms with Gasteiger partial charge in [0.1, 0.15) is 22.8 Å². The molecule has 10 heteroatoms. The minimum absolute atomic E-state index is 0.0261. The lowest BCUT2D eigenvalue weighted by atomic mass is 9.97. The predicted molar refractivity (Wildman–Crippen MR) is 279 cm³/mol. The van der Waals surface area contributed by atoms with Crippen molar-refractivity contribution in [2.24, 2.45) is 0 Å². The zero-order valence-electron chi connectivity index (χ0n) is 43.0. The number of carbonyl (C=O) groups is 2. The number of unbranched alkanes of at least 4 members (excludes halogenated alkanes) is 28. The van der Waals surface area contributed by atoms with E-state index < -0.39 is 11.6 Å². The molecule has 0 unspecified atom stereocenters. The van der Waals surface area contributed by atoms with Crippen LogP contribution >= 0.6 is 0 Å². The van der Waals surface area contributed by atoms with Gasteiger partial charge in [0.25, 0.3) is 11.6 Å². The zero-order chi connectivity index (χ0) is 48.0. The second kappa shape index (κ2) is 32.5. The van der Waals surface area contributed by atoms with Gasteiger partial charge in [-0.25, -0.2) is 19.9 Å². The molecule has 2 aromatic carbocycles. The molecule has 376 valence electrons. The number of ketones is 2. The molecule has 0 aliphatic heterocycles. The molecule has 5 rings (SSSR count). The molecule has 0 bridgehead atoms. The fourth-order valence-electron chi connectivity index (χ4n) is 9.11. The van der Waals surface area contributed by atoms with E-state index in [1.165, 1.54) is 154 Å². The Morgan fingerprint density at radius 1 is 0.279 bits per heavy atom. The molecule has 68 heavy (non-hydrogen) atoms. The number of ether oxygens (including phenoxy) is 4. The fraction of sp³-hybridized carbons (Fsp3) is 0.690. The number of hydrogen-bond acceptors (Lipinski definition) is 10. The van der Waals surface area contributed by atoms with Gasteiger partial charge in [-0.2, -0.15) is 0 Å². The number of Topliss-reactive ketones (excluding diaryl/α,β-unsaturated/α-hetero) is 2. The van der Waals surface area contributed by atoms with E-state index in [9.17, 15) is 9.59 Å². The van der Waals surface area contributed by atoms with Crippen LogP contribution in [0.1, 0.15) is 254 Å². The molecule has 0 amide bonds. The minimum atomic E-state index is -0.747. The van der Waals surface area contributed by atoms with Gasteiger partial charge in [-0.1, -0.05) is 207 Å². The summed E-state index contributed by atoms with van der Waals surface area (Å²) in [6.07, 6.45) is 38.7. The predicted octanol–water partition coefficient (Wildman–Crippen LogP) is 16.7. The lowest BCUT2D eigenvalue weighted by Gasteiger charge is -2.19. The molecule has 1 aliphatic rings. The van der Waals surface area contributed by atoms with Gasteiger partial charge < -0.3 is 18.9 Å². The summed E-state index contributed by atoms with van der Waals surface area (Å²) in [5.41, 5.74) is 2.41. The molecular weight excluding hydrogens is 849 g/mol. The maximum absolute atomic E-state index is 13.8. The van der Waals surface area contributed by atoms with Crippen molar-refractivity contribution in [2.45, 2.75) is 233 Å². The third-order valence-corrected chi connectivity index (χ3v) is 13.3. The van der Waals surface area contributed by atoms with E-state index in [1.54, 1.807) is 12.1 Å². The summed E-state index contributed by atoms with van der Waals surface area (Å²) in [7, 11) is 0. The molecule has 2 heterocycles. The largest absolute Gasteiger partial charge is 0.490 e. The number of carbonyl (C=O) groups excluding carboxylic acids is 2. The topological polar surface area (TPSA) is 123 Å². The summed E-state index contributed by atoms with van der Waals surface area (Å²) in [6.45, 7) is 11.2. The Hall–Kier alpha value is -4.34. The van der Waals surface area contributed by atoms with Crippen molar-refractivity contribution in [2.75, 3.05) is 26.4 Å². The fourth-order valence-corrected chi connectivity index (χ4v) is 9.11. The number of fused-ring (bicyclic) bond motifs is 5. The normalized spacial score (nSPS) is 12.2. The number of nitrogens with zero attached hydrogens (tertiary/aromatic N) is 4. The maximum Gasteiger partial charge on any atom is 0.255 e. The summed E-state index contributed by atoms with van der Waals surface area (Å²) < 4.78 is 25.6. The number of hydrogen-bond donors (Lipinski definition) is 0. The van der Waals surface area contributed by atoms with Crippen LogP contribution in [0.2, 0.25) is 0 Å². The van der Waals surface area contributed by atoms with Gasteiger partial charge in [-0.05, 0) is 25.7 Å². The first-order valence-electron chi connectivity index (χ1n) is 27.8. The molecule has 0 radical (unpaired) electrons. The Kier molecular flexibility index (Phi) is 26.1. The Balaban J connectivity index is 1.36. The highest BCUT2D eigenvalue weighted by molar-refractivity contribution is 6.52. The van der Waals surface area contributed by atoms with Crippen molar-refractivity contribution in [3.05, 3.63) is 35.7 Å². The van der Waals surface area contributed by atoms with Gasteiger partial charge >= 0.3 is 0 Å². The molecular formula is C58H88N4O6. The molecule has 0 atom stereocenters. The van der Waals surface area contributed by atoms with Crippen molar-refractivity contribution < 1.29 is 28.5 Å². The zero-order valence-corrected chi connectivity index (χ0v) is 43.0. The summed E-state index contributed by atoms with van der Waals surface area (Å²) in [5.74, 6) is 0.877. The number of aromatic nitrogens is 4. The van der Waals surface area contributed by atoms with Crippen LogP contribution < -0.4 is 18.9 Å². The van der Waals surface area contributed by atoms with Crippen LogP contribution in [-0.2, 0) is 0 Å². The highest BCUT2D eigenvalue weighted by atomic mass is 16.5. The lowest BCUT2D eigenvalue weighted by Crippen LogP contribution is -2.25. The third kappa shape index (κ3) is 18.2. The Labute approximate surface area is 410 Å². The van der Waals surface area contributed by atoms with E-state index in [-0.39, 0.29) is 22.8 Å². The summed E-state index contributed by atoms with van der Waals surface area (Å²) in [4.78, 5) is 47.2. The highest BCUT2D eigenvalue weighted by Crippen LogP contribution is 2.38. The Morgan fingerprint density at radius 2 is 0.471 bits per heavy atom. The van der Waals surface area contributed by atoms with Gasteiger partial charge in [0, 0.05) is 24.3 Å². The van der Waals surface area contributed by atoms with E-state index in [4.69, 9.17) is 38.9 Å². The molecule has 0 saturated carbocycles. The van der Waals surface area contributed by atoms with Crippen LogP contribution in [0.15, 0.2) is 24.3 Å². The van der Waals surface area contributed by atoms with Crippen LogP contribution in [0.5, 0.6) is 23.0 Å². The molecule has 0 spiro atoms. The lowest BCUT2D eigenvalue weighted by molar-refractivity contribution is 0.0809. The summed E-state index contributed by atoms with van der Waals surface area (Å²) in [5, 5.41) is 0. The first-order chi connectivity index (χ1) is 33.5. The van der Waals surface area contributed by atoms with Gasteiger partial charge in [0.2, 0.25) is 0 Å². The van der Waals surface area contributed by atoms with Crippen LogP contribution in [0.4, 0.5) is 0 Å². The summed E-state index contributed by atoms with van der Waals surface area (Å²) >= 11 is 0. The van der Waals surface area contributed by atoms with E-state index in [1.807, 2.05) is 12.1 Å². The molecule has 4 aromatic rings. The highest BCUT2D eigenvalue weighted by Gasteiger charge is 2.36.